The van der Waals surface area contributed by atoms with E-state index in [0.29, 0.717) is 28.5 Å². The number of benzene rings is 3. The topological polar surface area (TPSA) is 177 Å². The van der Waals surface area contributed by atoms with Crippen LogP contribution < -0.4 is 10.6 Å². The number of aromatic nitrogens is 1. The van der Waals surface area contributed by atoms with Crippen LogP contribution in [-0.4, -0.2) is 73.6 Å². The van der Waals surface area contributed by atoms with Gasteiger partial charge in [-0.05, 0) is 26.3 Å². The van der Waals surface area contributed by atoms with E-state index < -0.39 is 46.5 Å². The molecular weight excluding hydrogens is 719 g/mol. The number of nitrogens with one attached hydrogen (secondary N) is 2. The smallest absolute Gasteiger partial charge is 0.413 e. The first kappa shape index (κ1) is 37.0. The number of ether oxygens (including phenoxy) is 1. The average molecular weight is 754 g/mol. The number of anilines is 1. The molecule has 6 rings (SSSR count). The lowest BCUT2D eigenvalue weighted by Crippen LogP contribution is -2.71. The number of carbonyl (C=O) groups is 5. The van der Waals surface area contributed by atoms with Gasteiger partial charge in [-0.1, -0.05) is 96.2 Å². The number of β-lactam (4-membered cyclic amide) rings is 1. The van der Waals surface area contributed by atoms with E-state index in [9.17, 15) is 29.1 Å². The predicted octanol–water partition coefficient (Wildman–Crippen LogP) is 5.53. The van der Waals surface area contributed by atoms with Crippen molar-refractivity contribution < 1.29 is 38.7 Å². The molecule has 0 saturated carbocycles. The second kappa shape index (κ2) is 15.4. The molecule has 13 nitrogen and oxygen atoms in total. The van der Waals surface area contributed by atoms with E-state index in [1.807, 2.05) is 91.0 Å². The van der Waals surface area contributed by atoms with E-state index in [1.165, 1.54) is 17.1 Å². The van der Waals surface area contributed by atoms with Crippen molar-refractivity contribution in [2.45, 2.75) is 49.8 Å². The summed E-state index contributed by atoms with van der Waals surface area (Å²) in [5.41, 5.74) is -0.268. The number of oxime groups is 1. The molecular formula is C38H35N5O8S2. The van der Waals surface area contributed by atoms with E-state index in [2.05, 4.69) is 20.8 Å². The maximum Gasteiger partial charge on any atom is 0.413 e. The van der Waals surface area contributed by atoms with E-state index in [1.54, 1.807) is 20.8 Å². The molecule has 2 unspecified atom stereocenters. The third-order valence-electron chi connectivity index (χ3n) is 8.25. The number of amides is 3. The fourth-order valence-electron chi connectivity index (χ4n) is 5.98. The lowest BCUT2D eigenvalue weighted by molar-refractivity contribution is -0.150. The van der Waals surface area contributed by atoms with Crippen LogP contribution in [0.25, 0.3) is 0 Å². The molecule has 3 aromatic carbocycles. The van der Waals surface area contributed by atoms with Crippen molar-refractivity contribution in [1.82, 2.24) is 15.2 Å². The molecule has 3 N–H and O–H groups in total. The summed E-state index contributed by atoms with van der Waals surface area (Å²) in [5.74, 6) is -2.65. The SMILES string of the molecule is CC(C)(C)OC(=O)Nc1nc(C(=NOC(c2ccccc2)(c2ccccc2)c2ccccc2)C(=O)NC2C(=O)N3C(C(=O)O)=C(CC=O)CSC23)cs1. The second-order valence-electron chi connectivity index (χ2n) is 13.0. The van der Waals surface area contributed by atoms with Crippen LogP contribution in [0.4, 0.5) is 9.93 Å². The Morgan fingerprint density at radius 2 is 1.53 bits per heavy atom. The lowest BCUT2D eigenvalue weighted by Gasteiger charge is -2.49. The van der Waals surface area contributed by atoms with Crippen molar-refractivity contribution in [3.8, 4) is 0 Å². The number of carbonyl (C=O) groups excluding carboxylic acids is 4. The van der Waals surface area contributed by atoms with Crippen molar-refractivity contribution in [2.75, 3.05) is 11.1 Å². The fourth-order valence-corrected chi connectivity index (χ4v) is 8.02. The molecule has 2 atom stereocenters. The number of aldehydes is 1. The minimum absolute atomic E-state index is 0.0287. The summed E-state index contributed by atoms with van der Waals surface area (Å²) in [6, 6.07) is 27.0. The predicted molar refractivity (Wildman–Crippen MR) is 199 cm³/mol. The summed E-state index contributed by atoms with van der Waals surface area (Å²) in [6.07, 6.45) is -0.295. The van der Waals surface area contributed by atoms with Crippen molar-refractivity contribution in [3.05, 3.63) is 130 Å². The highest BCUT2D eigenvalue weighted by Gasteiger charge is 2.54. The molecule has 53 heavy (non-hydrogen) atoms. The van der Waals surface area contributed by atoms with Gasteiger partial charge in [0.2, 0.25) is 5.60 Å². The maximum absolute atomic E-state index is 14.3. The fraction of sp³-hybridized carbons (Fsp3) is 0.237. The van der Waals surface area contributed by atoms with Crippen LogP contribution in [0.3, 0.4) is 0 Å². The summed E-state index contributed by atoms with van der Waals surface area (Å²) in [6.45, 7) is 5.16. The maximum atomic E-state index is 14.3. The average Bonchev–Trinajstić information content (AvgIpc) is 3.60. The number of aliphatic carboxylic acids is 1. The molecule has 2 aliphatic rings. The number of nitrogens with zero attached hydrogens (tertiary/aromatic N) is 3. The molecule has 272 valence electrons. The molecule has 15 heteroatoms. The summed E-state index contributed by atoms with van der Waals surface area (Å²) < 4.78 is 5.36. The van der Waals surface area contributed by atoms with Gasteiger partial charge in [-0.3, -0.25) is 19.8 Å². The highest BCUT2D eigenvalue weighted by Crippen LogP contribution is 2.42. The Morgan fingerprint density at radius 1 is 0.962 bits per heavy atom. The van der Waals surface area contributed by atoms with Crippen molar-refractivity contribution in [3.63, 3.8) is 0 Å². The number of carboxylic acids is 1. The van der Waals surface area contributed by atoms with Crippen LogP contribution in [0.2, 0.25) is 0 Å². The summed E-state index contributed by atoms with van der Waals surface area (Å²) >= 11 is 2.25. The number of thioether (sulfide) groups is 1. The zero-order valence-electron chi connectivity index (χ0n) is 28.8. The Morgan fingerprint density at radius 3 is 2.04 bits per heavy atom. The molecule has 0 radical (unpaired) electrons. The zero-order chi connectivity index (χ0) is 37.8. The van der Waals surface area contributed by atoms with E-state index in [0.717, 1.165) is 16.2 Å². The van der Waals surface area contributed by atoms with Gasteiger partial charge >= 0.3 is 12.1 Å². The zero-order valence-corrected chi connectivity index (χ0v) is 30.5. The van der Waals surface area contributed by atoms with Crippen molar-refractivity contribution in [2.24, 2.45) is 5.16 Å². The Labute approximate surface area is 313 Å². The largest absolute Gasteiger partial charge is 0.477 e. The summed E-state index contributed by atoms with van der Waals surface area (Å²) in [4.78, 5) is 75.8. The van der Waals surface area contributed by atoms with Crippen molar-refractivity contribution >= 4 is 64.1 Å². The Hall–Kier alpha value is -5.80. The molecule has 1 saturated heterocycles. The number of hydrogen-bond donors (Lipinski definition) is 3. The Balaban J connectivity index is 1.41. The molecule has 3 heterocycles. The molecule has 1 fully saturated rings. The number of fused-ring (bicyclic) bond motifs is 1. The highest BCUT2D eigenvalue weighted by molar-refractivity contribution is 8.00. The number of hydrogen-bond acceptors (Lipinski definition) is 11. The molecule has 0 bridgehead atoms. The van der Waals surface area contributed by atoms with Crippen LogP contribution in [0, 0.1) is 0 Å². The van der Waals surface area contributed by atoms with Gasteiger partial charge in [0.15, 0.2) is 10.8 Å². The van der Waals surface area contributed by atoms with Gasteiger partial charge in [0.1, 0.15) is 34.7 Å². The van der Waals surface area contributed by atoms with Crippen LogP contribution in [0.5, 0.6) is 0 Å². The molecule has 0 spiro atoms. The molecule has 0 aliphatic carbocycles. The first-order chi connectivity index (χ1) is 25.4. The minimum Gasteiger partial charge on any atom is -0.477 e. The Bertz CT molecular complexity index is 1980. The van der Waals surface area contributed by atoms with Crippen LogP contribution >= 0.6 is 23.1 Å². The highest BCUT2D eigenvalue weighted by atomic mass is 32.2. The second-order valence-corrected chi connectivity index (χ2v) is 14.9. The van der Waals surface area contributed by atoms with Crippen LogP contribution in [-0.2, 0) is 34.4 Å². The molecule has 1 aromatic heterocycles. The van der Waals surface area contributed by atoms with Gasteiger partial charge in [-0.15, -0.1) is 23.1 Å². The van der Waals surface area contributed by atoms with Crippen molar-refractivity contribution in [1.29, 1.82) is 0 Å². The van der Waals surface area contributed by atoms with Crippen LogP contribution in [0.1, 0.15) is 49.6 Å². The summed E-state index contributed by atoms with van der Waals surface area (Å²) in [7, 11) is 0. The van der Waals surface area contributed by atoms with E-state index in [-0.39, 0.29) is 34.4 Å². The third kappa shape index (κ3) is 7.71. The number of rotatable bonds is 12. The van der Waals surface area contributed by atoms with Gasteiger partial charge in [-0.2, -0.15) is 0 Å². The lowest BCUT2D eigenvalue weighted by atomic mass is 9.80. The van der Waals surface area contributed by atoms with Gasteiger partial charge in [0.25, 0.3) is 11.8 Å². The number of thiazole rings is 1. The third-order valence-corrected chi connectivity index (χ3v) is 10.3. The van der Waals surface area contributed by atoms with Gasteiger partial charge in [0.05, 0.1) is 0 Å². The minimum atomic E-state index is -1.37. The normalized spacial score (nSPS) is 17.3. The first-order valence-electron chi connectivity index (χ1n) is 16.5. The van der Waals surface area contributed by atoms with Crippen LogP contribution in [0.15, 0.2) is 113 Å². The molecule has 4 aromatic rings. The Kier molecular flexibility index (Phi) is 10.8. The monoisotopic (exact) mass is 753 g/mol. The van der Waals surface area contributed by atoms with E-state index >= 15 is 0 Å². The van der Waals surface area contributed by atoms with Gasteiger partial charge in [0, 0.05) is 34.2 Å². The number of carboxylic acid groups (broad SMARTS) is 1. The van der Waals surface area contributed by atoms with Gasteiger partial charge < -0.3 is 24.8 Å². The summed E-state index contributed by atoms with van der Waals surface area (Å²) in [5, 5.41) is 20.5. The quantitative estimate of drug-likeness (QED) is 0.0548. The molecule has 2 aliphatic heterocycles. The standard InChI is InChI=1S/C38H35N5O8S2/c1-37(2,3)50-36(49)41-35-39-27(22-53-35)28(31(45)40-29-32(46)43-30(34(47)48)23(19-20-44)21-52-33(29)43)42-51-38(24-13-7-4-8-14-24,25-15-9-5-10-16-25)26-17-11-6-12-18-26/h4-18,20,22,29,33H,19,21H2,1-3H3,(H,40,45)(H,47,48)(H,39,41,49). The first-order valence-corrected chi connectivity index (χ1v) is 18.4. The van der Waals surface area contributed by atoms with E-state index in [4.69, 9.17) is 9.57 Å². The van der Waals surface area contributed by atoms with Gasteiger partial charge in [-0.25, -0.2) is 14.6 Å². The molecule has 3 amide bonds.